The lowest BCUT2D eigenvalue weighted by atomic mass is 9.99. The zero-order chi connectivity index (χ0) is 36.7. The van der Waals surface area contributed by atoms with Gasteiger partial charge in [0.15, 0.2) is 0 Å². The third kappa shape index (κ3) is 4.83. The molecule has 3 heterocycles. The molecule has 56 heavy (non-hydrogen) atoms. The predicted octanol–water partition coefficient (Wildman–Crippen LogP) is 15.8. The Bertz CT molecular complexity index is 3500. The van der Waals surface area contributed by atoms with Crippen LogP contribution in [0.5, 0.6) is 0 Å². The van der Waals surface area contributed by atoms with Gasteiger partial charge in [-0.2, -0.15) is 0 Å². The van der Waals surface area contributed by atoms with E-state index in [1.54, 1.807) is 0 Å². The second kappa shape index (κ2) is 12.2. The van der Waals surface area contributed by atoms with E-state index < -0.39 is 0 Å². The van der Waals surface area contributed by atoms with E-state index >= 15 is 0 Å². The molecule has 0 spiro atoms. The summed E-state index contributed by atoms with van der Waals surface area (Å²) in [5.74, 6) is 0. The van der Waals surface area contributed by atoms with Crippen LogP contribution in [-0.4, -0.2) is 0 Å². The van der Waals surface area contributed by atoms with Crippen molar-refractivity contribution in [2.45, 2.75) is 0 Å². The summed E-state index contributed by atoms with van der Waals surface area (Å²) < 4.78 is 15.3. The molecule has 3 aromatic heterocycles. The second-order valence-electron chi connectivity index (χ2n) is 14.5. The summed E-state index contributed by atoms with van der Waals surface area (Å²) >= 11 is 1.87. The van der Waals surface area contributed by atoms with Crippen molar-refractivity contribution in [1.29, 1.82) is 0 Å². The molecule has 0 aliphatic rings. The van der Waals surface area contributed by atoms with Crippen LogP contribution in [0.1, 0.15) is 0 Å². The average Bonchev–Trinajstić information content (AvgIpc) is 3.95. The predicted molar refractivity (Wildman–Crippen MR) is 237 cm³/mol. The van der Waals surface area contributed by atoms with Gasteiger partial charge in [-0.25, -0.2) is 0 Å². The second-order valence-corrected chi connectivity index (χ2v) is 15.5. The number of fused-ring (bicyclic) bond motifs is 10. The molecule has 3 nitrogen and oxygen atoms in total. The number of anilines is 3. The highest BCUT2D eigenvalue weighted by Gasteiger charge is 2.19. The molecule has 9 aromatic carbocycles. The van der Waals surface area contributed by atoms with Gasteiger partial charge in [0.05, 0.1) is 0 Å². The quantitative estimate of drug-likeness (QED) is 0.176. The lowest BCUT2D eigenvalue weighted by Crippen LogP contribution is -2.09. The van der Waals surface area contributed by atoms with Crippen molar-refractivity contribution < 1.29 is 8.83 Å². The maximum atomic E-state index is 6.60. The lowest BCUT2D eigenvalue weighted by molar-refractivity contribution is 0.668. The Morgan fingerprint density at radius 2 is 0.893 bits per heavy atom. The Morgan fingerprint density at radius 3 is 1.71 bits per heavy atom. The van der Waals surface area contributed by atoms with Crippen LogP contribution in [0.25, 0.3) is 97.1 Å². The van der Waals surface area contributed by atoms with Crippen molar-refractivity contribution in [3.8, 4) is 22.3 Å². The Labute approximate surface area is 325 Å². The molecule has 0 aliphatic heterocycles. The molecule has 0 atom stereocenters. The van der Waals surface area contributed by atoms with Gasteiger partial charge in [0.25, 0.3) is 0 Å². The van der Waals surface area contributed by atoms with Gasteiger partial charge in [-0.05, 0) is 106 Å². The topological polar surface area (TPSA) is 29.5 Å². The summed E-state index contributed by atoms with van der Waals surface area (Å²) in [6.45, 7) is 0. The van der Waals surface area contributed by atoms with Crippen LogP contribution in [0.4, 0.5) is 17.1 Å². The lowest BCUT2D eigenvalue weighted by Gasteiger charge is -2.25. The molecule has 0 unspecified atom stereocenters. The smallest absolute Gasteiger partial charge is 0.136 e. The number of para-hydroxylation sites is 2. The van der Waals surface area contributed by atoms with Gasteiger partial charge in [-0.3, -0.25) is 0 Å². The van der Waals surface area contributed by atoms with Gasteiger partial charge in [-0.15, -0.1) is 11.3 Å². The van der Waals surface area contributed by atoms with Crippen molar-refractivity contribution in [2.75, 3.05) is 4.90 Å². The SMILES string of the molecule is c1ccc(N(c2ccc3ccccc3c2)c2ccc3oc4cc(-c5cccc6c5sc5c(-c7ccc8oc9ccccc9c8c7)cccc56)ccc4c3c2)cc1. The van der Waals surface area contributed by atoms with E-state index in [2.05, 4.69) is 181 Å². The Kier molecular flexibility index (Phi) is 6.80. The molecule has 0 bridgehead atoms. The largest absolute Gasteiger partial charge is 0.456 e. The molecule has 12 rings (SSSR count). The first-order chi connectivity index (χ1) is 27.7. The molecule has 12 aromatic rings. The van der Waals surface area contributed by atoms with Crippen molar-refractivity contribution in [3.63, 3.8) is 0 Å². The molecule has 0 N–H and O–H groups in total. The summed E-state index contributed by atoms with van der Waals surface area (Å²) in [7, 11) is 0. The normalized spacial score (nSPS) is 11.9. The highest BCUT2D eigenvalue weighted by molar-refractivity contribution is 7.26. The minimum atomic E-state index is 0.875. The van der Waals surface area contributed by atoms with E-state index in [4.69, 9.17) is 8.83 Å². The maximum absolute atomic E-state index is 6.60. The Morgan fingerprint density at radius 1 is 0.321 bits per heavy atom. The van der Waals surface area contributed by atoms with Gasteiger partial charge in [0, 0.05) is 58.8 Å². The first kappa shape index (κ1) is 31.2. The first-order valence-corrected chi connectivity index (χ1v) is 19.7. The van der Waals surface area contributed by atoms with Crippen LogP contribution in [0, 0.1) is 0 Å². The van der Waals surface area contributed by atoms with E-state index in [9.17, 15) is 0 Å². The molecule has 0 amide bonds. The monoisotopic (exact) mass is 733 g/mol. The van der Waals surface area contributed by atoms with Crippen molar-refractivity contribution in [2.24, 2.45) is 0 Å². The van der Waals surface area contributed by atoms with E-state index in [0.29, 0.717) is 0 Å². The Hall–Kier alpha value is -7.14. The van der Waals surface area contributed by atoms with Gasteiger partial charge in [0.2, 0.25) is 0 Å². The molecule has 0 saturated carbocycles. The van der Waals surface area contributed by atoms with Gasteiger partial charge < -0.3 is 13.7 Å². The third-order valence-electron chi connectivity index (χ3n) is 11.2. The van der Waals surface area contributed by atoms with E-state index in [1.807, 2.05) is 23.5 Å². The molecule has 4 heteroatoms. The van der Waals surface area contributed by atoms with Crippen LogP contribution in [0.15, 0.2) is 197 Å². The zero-order valence-electron chi connectivity index (χ0n) is 30.1. The highest BCUT2D eigenvalue weighted by atomic mass is 32.1. The number of benzene rings is 9. The minimum Gasteiger partial charge on any atom is -0.456 e. The zero-order valence-corrected chi connectivity index (χ0v) is 30.9. The number of furan rings is 2. The first-order valence-electron chi connectivity index (χ1n) is 18.9. The fourth-order valence-corrected chi connectivity index (χ4v) is 9.95. The van der Waals surface area contributed by atoms with Crippen molar-refractivity contribution >= 4 is 103 Å². The van der Waals surface area contributed by atoms with Crippen LogP contribution < -0.4 is 4.90 Å². The third-order valence-corrected chi connectivity index (χ3v) is 12.5. The minimum absolute atomic E-state index is 0.875. The molecule has 0 fully saturated rings. The van der Waals surface area contributed by atoms with E-state index in [0.717, 1.165) is 66.5 Å². The van der Waals surface area contributed by atoms with Gasteiger partial charge in [0.1, 0.15) is 22.3 Å². The maximum Gasteiger partial charge on any atom is 0.136 e. The summed E-state index contributed by atoms with van der Waals surface area (Å²) in [5.41, 5.74) is 11.7. The summed E-state index contributed by atoms with van der Waals surface area (Å²) in [6.07, 6.45) is 0. The Balaban J connectivity index is 0.969. The van der Waals surface area contributed by atoms with E-state index in [1.165, 1.54) is 47.6 Å². The van der Waals surface area contributed by atoms with E-state index in [-0.39, 0.29) is 0 Å². The van der Waals surface area contributed by atoms with Crippen molar-refractivity contribution in [3.05, 3.63) is 188 Å². The molecular weight excluding hydrogens is 703 g/mol. The highest BCUT2D eigenvalue weighted by Crippen LogP contribution is 2.46. The van der Waals surface area contributed by atoms with Gasteiger partial charge >= 0.3 is 0 Å². The number of nitrogens with zero attached hydrogens (tertiary/aromatic N) is 1. The average molecular weight is 734 g/mol. The number of hydrogen-bond donors (Lipinski definition) is 0. The number of rotatable bonds is 5. The molecule has 0 radical (unpaired) electrons. The fourth-order valence-electron chi connectivity index (χ4n) is 8.58. The molecule has 0 aliphatic carbocycles. The molecular formula is C52H31NO2S. The van der Waals surface area contributed by atoms with Crippen LogP contribution in [-0.2, 0) is 0 Å². The fraction of sp³-hybridized carbons (Fsp3) is 0. The number of hydrogen-bond acceptors (Lipinski definition) is 4. The van der Waals surface area contributed by atoms with Crippen molar-refractivity contribution in [1.82, 2.24) is 0 Å². The standard InChI is InChI=1S/C52H31NO2S/c1-2-12-36(13-3-1)53(37-23-20-32-10-4-5-11-33(32)28-37)38-24-27-49-46(31-38)42-25-21-35(30-50(42)55-49)40-16-9-18-44-43-17-8-15-39(51(43)56-52(40)44)34-22-26-48-45(29-34)41-14-6-7-19-47(41)54-48/h1-31H. The van der Waals surface area contributed by atoms with Crippen LogP contribution in [0.2, 0.25) is 0 Å². The molecule has 0 saturated heterocycles. The van der Waals surface area contributed by atoms with Crippen LogP contribution >= 0.6 is 11.3 Å². The van der Waals surface area contributed by atoms with Gasteiger partial charge in [-0.1, -0.05) is 115 Å². The summed E-state index contributed by atoms with van der Waals surface area (Å²) in [6, 6.07) is 67.2. The van der Waals surface area contributed by atoms with Crippen LogP contribution in [0.3, 0.4) is 0 Å². The molecule has 262 valence electrons. The summed E-state index contributed by atoms with van der Waals surface area (Å²) in [5, 5.41) is 9.46. The number of thiophene rings is 1. The summed E-state index contributed by atoms with van der Waals surface area (Å²) in [4.78, 5) is 2.32.